The summed E-state index contributed by atoms with van der Waals surface area (Å²) >= 11 is 0. The predicted octanol–water partition coefficient (Wildman–Crippen LogP) is 1.98. The molecule has 0 saturated heterocycles. The lowest BCUT2D eigenvalue weighted by Gasteiger charge is -2.16. The fourth-order valence-electron chi connectivity index (χ4n) is 2.52. The molecular weight excluding hydrogens is 306 g/mol. The number of nitrogens with one attached hydrogen (secondary N) is 1. The molecule has 0 aliphatic rings. The second-order valence-electron chi connectivity index (χ2n) is 5.95. The van der Waals surface area contributed by atoms with E-state index < -0.39 is 5.91 Å². The Labute approximate surface area is 141 Å². The van der Waals surface area contributed by atoms with Crippen LogP contribution in [0.1, 0.15) is 52.6 Å². The molecule has 7 heteroatoms. The van der Waals surface area contributed by atoms with Gasteiger partial charge in [0.2, 0.25) is 5.95 Å². The van der Waals surface area contributed by atoms with E-state index in [9.17, 15) is 4.79 Å². The summed E-state index contributed by atoms with van der Waals surface area (Å²) in [4.78, 5) is 20.1. The molecule has 0 unspecified atom stereocenters. The monoisotopic (exact) mass is 329 g/mol. The number of carbonyl (C=O) groups excluding carboxylic acids is 1. The van der Waals surface area contributed by atoms with Gasteiger partial charge in [-0.1, -0.05) is 26.0 Å². The summed E-state index contributed by atoms with van der Waals surface area (Å²) < 4.78 is 5.94. The first-order valence-corrected chi connectivity index (χ1v) is 7.70. The average molecular weight is 329 g/mol. The Morgan fingerprint density at radius 1 is 1.29 bits per heavy atom. The Hall–Kier alpha value is -2.67. The molecule has 1 amide bonds. The quantitative estimate of drug-likeness (QED) is 0.439. The number of benzene rings is 1. The number of anilines is 1. The van der Waals surface area contributed by atoms with Gasteiger partial charge in [0.15, 0.2) is 0 Å². The third kappa shape index (κ3) is 3.80. The normalized spacial score (nSPS) is 10.8. The minimum atomic E-state index is -0.473. The third-order valence-electron chi connectivity index (χ3n) is 3.70. The SMILES string of the molecule is Cc1ccc(C(C)C)c(OCc2nc(N)nc(C)c2C(=O)NN)c1. The number of nitrogen functional groups attached to an aromatic ring is 2. The lowest BCUT2D eigenvalue weighted by atomic mass is 10.0. The second-order valence-corrected chi connectivity index (χ2v) is 5.95. The molecule has 0 fully saturated rings. The first-order chi connectivity index (χ1) is 11.3. The maximum atomic E-state index is 12.0. The highest BCUT2D eigenvalue weighted by atomic mass is 16.5. The highest BCUT2D eigenvalue weighted by molar-refractivity contribution is 5.95. The Bertz CT molecular complexity index is 759. The van der Waals surface area contributed by atoms with E-state index in [-0.39, 0.29) is 18.1 Å². The van der Waals surface area contributed by atoms with Crippen LogP contribution < -0.4 is 21.7 Å². The van der Waals surface area contributed by atoms with E-state index >= 15 is 0 Å². The second kappa shape index (κ2) is 7.27. The van der Waals surface area contributed by atoms with Crippen LogP contribution >= 0.6 is 0 Å². The standard InChI is InChI=1S/C17H23N5O2/c1-9(2)12-6-5-10(3)7-14(12)24-8-13-15(16(23)22-19)11(4)20-17(18)21-13/h5-7,9H,8,19H2,1-4H3,(H,22,23)(H2,18,20,21). The van der Waals surface area contributed by atoms with Gasteiger partial charge in [-0.05, 0) is 37.0 Å². The highest BCUT2D eigenvalue weighted by Gasteiger charge is 2.18. The molecule has 2 aromatic rings. The van der Waals surface area contributed by atoms with Crippen molar-refractivity contribution in [2.75, 3.05) is 5.73 Å². The molecular formula is C17H23N5O2. The summed E-state index contributed by atoms with van der Waals surface area (Å²) in [6.45, 7) is 7.96. The van der Waals surface area contributed by atoms with E-state index in [0.29, 0.717) is 17.3 Å². The minimum absolute atomic E-state index is 0.0907. The van der Waals surface area contributed by atoms with Crippen molar-refractivity contribution < 1.29 is 9.53 Å². The molecule has 1 heterocycles. The smallest absolute Gasteiger partial charge is 0.269 e. The van der Waals surface area contributed by atoms with Crippen LogP contribution in [0.15, 0.2) is 18.2 Å². The zero-order chi connectivity index (χ0) is 17.9. The van der Waals surface area contributed by atoms with E-state index in [0.717, 1.165) is 16.9 Å². The molecule has 0 bridgehead atoms. The Morgan fingerprint density at radius 3 is 2.62 bits per heavy atom. The molecule has 2 rings (SSSR count). The first-order valence-electron chi connectivity index (χ1n) is 7.70. The first kappa shape index (κ1) is 17.7. The summed E-state index contributed by atoms with van der Waals surface area (Å²) in [5, 5.41) is 0. The lowest BCUT2D eigenvalue weighted by molar-refractivity contribution is 0.0949. The van der Waals surface area contributed by atoms with Crippen molar-refractivity contribution in [1.29, 1.82) is 0 Å². The molecule has 0 atom stereocenters. The van der Waals surface area contributed by atoms with Crippen LogP contribution in [0.25, 0.3) is 0 Å². The largest absolute Gasteiger partial charge is 0.487 e. The van der Waals surface area contributed by atoms with Crippen LogP contribution in [-0.2, 0) is 6.61 Å². The van der Waals surface area contributed by atoms with Gasteiger partial charge >= 0.3 is 0 Å². The third-order valence-corrected chi connectivity index (χ3v) is 3.70. The average Bonchev–Trinajstić information content (AvgIpc) is 2.51. The van der Waals surface area contributed by atoms with Crippen molar-refractivity contribution in [2.45, 2.75) is 40.2 Å². The number of carbonyl (C=O) groups is 1. The van der Waals surface area contributed by atoms with Crippen molar-refractivity contribution in [3.05, 3.63) is 46.3 Å². The molecule has 0 saturated carbocycles. The van der Waals surface area contributed by atoms with E-state index in [1.54, 1.807) is 6.92 Å². The lowest BCUT2D eigenvalue weighted by Crippen LogP contribution is -2.32. The van der Waals surface area contributed by atoms with Gasteiger partial charge in [-0.15, -0.1) is 0 Å². The van der Waals surface area contributed by atoms with Gasteiger partial charge in [-0.3, -0.25) is 10.2 Å². The molecule has 5 N–H and O–H groups in total. The molecule has 0 radical (unpaired) electrons. The number of nitrogens with two attached hydrogens (primary N) is 2. The van der Waals surface area contributed by atoms with Crippen molar-refractivity contribution in [1.82, 2.24) is 15.4 Å². The summed E-state index contributed by atoms with van der Waals surface area (Å²) in [7, 11) is 0. The maximum absolute atomic E-state index is 12.0. The molecule has 24 heavy (non-hydrogen) atoms. The molecule has 0 spiro atoms. The fourth-order valence-corrected chi connectivity index (χ4v) is 2.52. The number of hydrazine groups is 1. The Morgan fingerprint density at radius 2 is 2.00 bits per heavy atom. The number of aryl methyl sites for hydroxylation is 2. The number of ether oxygens (including phenoxy) is 1. The van der Waals surface area contributed by atoms with E-state index in [2.05, 4.69) is 29.2 Å². The van der Waals surface area contributed by atoms with Crippen molar-refractivity contribution >= 4 is 11.9 Å². The van der Waals surface area contributed by atoms with Crippen molar-refractivity contribution in [3.63, 3.8) is 0 Å². The number of rotatable bonds is 5. The van der Waals surface area contributed by atoms with Crippen LogP contribution in [0.5, 0.6) is 5.75 Å². The number of hydrogen-bond donors (Lipinski definition) is 3. The van der Waals surface area contributed by atoms with E-state index in [1.165, 1.54) is 0 Å². The number of aromatic nitrogens is 2. The fraction of sp³-hybridized carbons (Fsp3) is 0.353. The van der Waals surface area contributed by atoms with E-state index in [4.69, 9.17) is 16.3 Å². The molecule has 1 aromatic heterocycles. The summed E-state index contributed by atoms with van der Waals surface area (Å²) in [6.07, 6.45) is 0. The predicted molar refractivity (Wildman–Crippen MR) is 92.4 cm³/mol. The van der Waals surface area contributed by atoms with E-state index in [1.807, 2.05) is 25.1 Å². The Balaban J connectivity index is 2.36. The van der Waals surface area contributed by atoms with Crippen molar-refractivity contribution in [2.24, 2.45) is 5.84 Å². The zero-order valence-corrected chi connectivity index (χ0v) is 14.4. The molecule has 0 aliphatic heterocycles. The molecule has 1 aromatic carbocycles. The van der Waals surface area contributed by atoms with Gasteiger partial charge in [0, 0.05) is 0 Å². The highest BCUT2D eigenvalue weighted by Crippen LogP contribution is 2.28. The zero-order valence-electron chi connectivity index (χ0n) is 14.4. The van der Waals surface area contributed by atoms with Crippen LogP contribution in [0, 0.1) is 13.8 Å². The van der Waals surface area contributed by atoms with Crippen LogP contribution in [0.2, 0.25) is 0 Å². The van der Waals surface area contributed by atoms with Crippen LogP contribution in [-0.4, -0.2) is 15.9 Å². The van der Waals surface area contributed by atoms with Gasteiger partial charge in [-0.2, -0.15) is 0 Å². The summed E-state index contributed by atoms with van der Waals surface area (Å²) in [5.41, 5.74) is 11.1. The summed E-state index contributed by atoms with van der Waals surface area (Å²) in [6, 6.07) is 6.06. The van der Waals surface area contributed by atoms with Gasteiger partial charge in [0.1, 0.15) is 12.4 Å². The molecule has 7 nitrogen and oxygen atoms in total. The van der Waals surface area contributed by atoms with Gasteiger partial charge < -0.3 is 10.5 Å². The van der Waals surface area contributed by atoms with Gasteiger partial charge in [0.25, 0.3) is 5.91 Å². The topological polar surface area (TPSA) is 116 Å². The van der Waals surface area contributed by atoms with Crippen molar-refractivity contribution in [3.8, 4) is 5.75 Å². The van der Waals surface area contributed by atoms with Gasteiger partial charge in [-0.25, -0.2) is 15.8 Å². The molecule has 0 aliphatic carbocycles. The number of hydrogen-bond acceptors (Lipinski definition) is 6. The Kier molecular flexibility index (Phi) is 5.35. The number of amides is 1. The van der Waals surface area contributed by atoms with Crippen LogP contribution in [0.4, 0.5) is 5.95 Å². The summed E-state index contributed by atoms with van der Waals surface area (Å²) in [5.74, 6) is 5.93. The minimum Gasteiger partial charge on any atom is -0.487 e. The molecule has 128 valence electrons. The maximum Gasteiger partial charge on any atom is 0.269 e. The van der Waals surface area contributed by atoms with Crippen LogP contribution in [0.3, 0.4) is 0 Å². The van der Waals surface area contributed by atoms with Gasteiger partial charge in [0.05, 0.1) is 17.0 Å². The number of nitrogens with zero attached hydrogens (tertiary/aromatic N) is 2.